The van der Waals surface area contributed by atoms with Crippen LogP contribution >= 0.6 is 0 Å². The second kappa shape index (κ2) is 12.4. The van der Waals surface area contributed by atoms with Gasteiger partial charge in [0.15, 0.2) is 0 Å². The quantitative estimate of drug-likeness (QED) is 0.460. The minimum Gasteiger partial charge on any atom is -0.481 e. The summed E-state index contributed by atoms with van der Waals surface area (Å²) in [7, 11) is 0. The largest absolute Gasteiger partial charge is 0.481 e. The number of hydrogen-bond acceptors (Lipinski definition) is 4. The molecule has 7 heteroatoms. The average molecular weight is 249 g/mol. The lowest BCUT2D eigenvalue weighted by atomic mass is 10.2. The minimum atomic E-state index is -0.948. The number of unbranched alkanes of at least 4 members (excludes halogenated alkanes) is 1. The van der Waals surface area contributed by atoms with Crippen LogP contribution < -0.4 is 5.73 Å². The molecule has 0 spiro atoms. The summed E-state index contributed by atoms with van der Waals surface area (Å²) < 4.78 is 0. The van der Waals surface area contributed by atoms with Crippen LogP contribution in [-0.4, -0.2) is 39.8 Å². The molecule has 0 aliphatic heterocycles. The summed E-state index contributed by atoms with van der Waals surface area (Å²) in [5, 5.41) is 24.2. The van der Waals surface area contributed by atoms with Crippen molar-refractivity contribution in [3.8, 4) is 0 Å². The van der Waals surface area contributed by atoms with Crippen molar-refractivity contribution in [2.24, 2.45) is 5.73 Å². The Hall–Kier alpha value is -1.63. The SMILES string of the molecule is NCCCCC(=O)O.O=C(O)CCCC(=O)O. The Labute approximate surface area is 99.2 Å². The number of nitrogens with two attached hydrogens (primary N) is 1. The number of rotatable bonds is 8. The molecule has 0 bridgehead atoms. The van der Waals surface area contributed by atoms with Gasteiger partial charge in [-0.2, -0.15) is 0 Å². The Kier molecular flexibility index (Phi) is 13.0. The average Bonchev–Trinajstić information content (AvgIpc) is 2.17. The van der Waals surface area contributed by atoms with Gasteiger partial charge in [0, 0.05) is 19.3 Å². The second-order valence-corrected chi connectivity index (χ2v) is 3.28. The second-order valence-electron chi connectivity index (χ2n) is 3.28. The van der Waals surface area contributed by atoms with Crippen LogP contribution in [0.3, 0.4) is 0 Å². The lowest BCUT2D eigenvalue weighted by Gasteiger charge is -1.90. The van der Waals surface area contributed by atoms with Crippen molar-refractivity contribution in [1.82, 2.24) is 0 Å². The summed E-state index contributed by atoms with van der Waals surface area (Å²) in [6.07, 6.45) is 1.85. The first-order chi connectivity index (χ1) is 7.90. The van der Waals surface area contributed by atoms with Crippen molar-refractivity contribution in [3.63, 3.8) is 0 Å². The Morgan fingerprint density at radius 2 is 1.06 bits per heavy atom. The van der Waals surface area contributed by atoms with Gasteiger partial charge in [-0.25, -0.2) is 0 Å². The molecule has 0 amide bonds. The number of hydrogen-bond donors (Lipinski definition) is 4. The predicted molar refractivity (Wildman–Crippen MR) is 59.7 cm³/mol. The zero-order valence-corrected chi connectivity index (χ0v) is 9.59. The van der Waals surface area contributed by atoms with Gasteiger partial charge in [-0.1, -0.05) is 0 Å². The van der Waals surface area contributed by atoms with Crippen molar-refractivity contribution in [2.75, 3.05) is 6.54 Å². The van der Waals surface area contributed by atoms with E-state index in [0.29, 0.717) is 13.0 Å². The molecule has 0 aromatic rings. The maximum Gasteiger partial charge on any atom is 0.303 e. The highest BCUT2D eigenvalue weighted by atomic mass is 16.4. The first-order valence-electron chi connectivity index (χ1n) is 5.25. The Morgan fingerprint density at radius 3 is 1.35 bits per heavy atom. The fourth-order valence-electron chi connectivity index (χ4n) is 0.811. The van der Waals surface area contributed by atoms with E-state index in [1.165, 1.54) is 0 Å². The van der Waals surface area contributed by atoms with Crippen LogP contribution in [0.15, 0.2) is 0 Å². The van der Waals surface area contributed by atoms with Gasteiger partial charge in [0.1, 0.15) is 0 Å². The molecule has 0 saturated heterocycles. The third kappa shape index (κ3) is 25.0. The summed E-state index contributed by atoms with van der Waals surface area (Å²) in [5.74, 6) is -2.63. The normalized spacial score (nSPS) is 9.00. The summed E-state index contributed by atoms with van der Waals surface area (Å²) in [5.41, 5.74) is 5.12. The molecular formula is C10H19NO6. The zero-order chi connectivity index (χ0) is 13.7. The highest BCUT2D eigenvalue weighted by molar-refractivity contribution is 5.69. The monoisotopic (exact) mass is 249 g/mol. The van der Waals surface area contributed by atoms with Gasteiger partial charge in [-0.15, -0.1) is 0 Å². The van der Waals surface area contributed by atoms with Crippen LogP contribution in [0.1, 0.15) is 38.5 Å². The smallest absolute Gasteiger partial charge is 0.303 e. The minimum absolute atomic E-state index is 0.0632. The topological polar surface area (TPSA) is 138 Å². The molecule has 7 nitrogen and oxygen atoms in total. The zero-order valence-electron chi connectivity index (χ0n) is 9.59. The molecule has 0 aliphatic carbocycles. The van der Waals surface area contributed by atoms with Gasteiger partial charge in [0.25, 0.3) is 0 Å². The predicted octanol–water partition coefficient (Wildman–Crippen LogP) is 0.526. The van der Waals surface area contributed by atoms with Crippen molar-refractivity contribution >= 4 is 17.9 Å². The molecule has 0 aliphatic rings. The fraction of sp³-hybridized carbons (Fsp3) is 0.700. The fourth-order valence-corrected chi connectivity index (χ4v) is 0.811. The lowest BCUT2D eigenvalue weighted by Crippen LogP contribution is -2.00. The molecule has 100 valence electrons. The van der Waals surface area contributed by atoms with Gasteiger partial charge in [-0.05, 0) is 25.8 Å². The number of aliphatic carboxylic acids is 3. The Bertz CT molecular complexity index is 227. The molecule has 0 aromatic heterocycles. The van der Waals surface area contributed by atoms with Crippen LogP contribution in [0.25, 0.3) is 0 Å². The van der Waals surface area contributed by atoms with E-state index < -0.39 is 17.9 Å². The molecule has 0 atom stereocenters. The number of carbonyl (C=O) groups is 3. The van der Waals surface area contributed by atoms with Crippen LogP contribution in [-0.2, 0) is 14.4 Å². The van der Waals surface area contributed by atoms with Gasteiger partial charge in [-0.3, -0.25) is 14.4 Å². The van der Waals surface area contributed by atoms with Crippen molar-refractivity contribution in [1.29, 1.82) is 0 Å². The summed E-state index contributed by atoms with van der Waals surface area (Å²) in [6, 6.07) is 0. The van der Waals surface area contributed by atoms with Crippen LogP contribution in [0.5, 0.6) is 0 Å². The van der Waals surface area contributed by atoms with Crippen LogP contribution in [0.2, 0.25) is 0 Å². The standard InChI is InChI=1S/C5H11NO2.C5H8O4/c6-4-2-1-3-5(7)8;6-4(7)2-1-3-5(8)9/h1-4,6H2,(H,7,8);1-3H2,(H,6,7)(H,8,9). The maximum absolute atomic E-state index is 9.83. The highest BCUT2D eigenvalue weighted by Gasteiger charge is 1.99. The van der Waals surface area contributed by atoms with Gasteiger partial charge >= 0.3 is 17.9 Å². The molecule has 0 unspecified atom stereocenters. The third-order valence-corrected chi connectivity index (χ3v) is 1.63. The summed E-state index contributed by atoms with van der Waals surface area (Å²) >= 11 is 0. The van der Waals surface area contributed by atoms with Gasteiger partial charge < -0.3 is 21.1 Å². The van der Waals surface area contributed by atoms with Crippen molar-refractivity contribution in [2.45, 2.75) is 38.5 Å². The first kappa shape index (κ1) is 17.8. The van der Waals surface area contributed by atoms with E-state index >= 15 is 0 Å². The molecule has 0 saturated carbocycles. The summed E-state index contributed by atoms with van der Waals surface area (Å²) in [4.78, 5) is 29.4. The number of carboxylic acids is 3. The van der Waals surface area contributed by atoms with E-state index in [-0.39, 0.29) is 25.7 Å². The molecule has 17 heavy (non-hydrogen) atoms. The Balaban J connectivity index is 0. The molecule has 0 fully saturated rings. The molecular weight excluding hydrogens is 230 g/mol. The van der Waals surface area contributed by atoms with E-state index in [1.54, 1.807) is 0 Å². The van der Waals surface area contributed by atoms with E-state index in [2.05, 4.69) is 0 Å². The number of carboxylic acid groups (broad SMARTS) is 3. The van der Waals surface area contributed by atoms with Crippen LogP contribution in [0, 0.1) is 0 Å². The lowest BCUT2D eigenvalue weighted by molar-refractivity contribution is -0.139. The van der Waals surface area contributed by atoms with E-state index in [1.807, 2.05) is 0 Å². The van der Waals surface area contributed by atoms with Gasteiger partial charge in [0.2, 0.25) is 0 Å². The van der Waals surface area contributed by atoms with Crippen molar-refractivity contribution in [3.05, 3.63) is 0 Å². The van der Waals surface area contributed by atoms with E-state index in [9.17, 15) is 14.4 Å². The van der Waals surface area contributed by atoms with Crippen LogP contribution in [0.4, 0.5) is 0 Å². The molecule has 0 radical (unpaired) electrons. The molecule has 0 rings (SSSR count). The Morgan fingerprint density at radius 1 is 0.706 bits per heavy atom. The third-order valence-electron chi connectivity index (χ3n) is 1.63. The molecule has 0 aromatic carbocycles. The van der Waals surface area contributed by atoms with Crippen molar-refractivity contribution < 1.29 is 29.7 Å². The maximum atomic E-state index is 9.83. The highest BCUT2D eigenvalue weighted by Crippen LogP contribution is 1.93. The first-order valence-corrected chi connectivity index (χ1v) is 5.25. The van der Waals surface area contributed by atoms with E-state index in [0.717, 1.165) is 6.42 Å². The molecule has 0 heterocycles. The van der Waals surface area contributed by atoms with Gasteiger partial charge in [0.05, 0.1) is 0 Å². The van der Waals surface area contributed by atoms with E-state index in [4.69, 9.17) is 21.1 Å². The molecule has 5 N–H and O–H groups in total. The summed E-state index contributed by atoms with van der Waals surface area (Å²) in [6.45, 7) is 0.591.